The van der Waals surface area contributed by atoms with Gasteiger partial charge in [0.15, 0.2) is 34.9 Å². The van der Waals surface area contributed by atoms with Gasteiger partial charge in [-0.3, -0.25) is 4.98 Å². The molecule has 1 fully saturated rings. The van der Waals surface area contributed by atoms with Crippen LogP contribution in [0.1, 0.15) is 27.7 Å². The highest BCUT2D eigenvalue weighted by atomic mass is 16.7. The molecule has 7 heterocycles. The van der Waals surface area contributed by atoms with Crippen molar-refractivity contribution in [3.05, 3.63) is 346 Å². The minimum absolute atomic E-state index is 0.437. The highest BCUT2D eigenvalue weighted by molar-refractivity contribution is 6.62. The van der Waals surface area contributed by atoms with E-state index in [1.165, 1.54) is 43.6 Å². The highest BCUT2D eigenvalue weighted by Crippen LogP contribution is 2.41. The molecule has 13 heteroatoms. The van der Waals surface area contributed by atoms with Crippen LogP contribution >= 0.6 is 0 Å². The summed E-state index contributed by atoms with van der Waals surface area (Å²) in [5.74, 6) is 3.64. The van der Waals surface area contributed by atoms with Crippen molar-refractivity contribution in [1.82, 2.24) is 49.0 Å². The maximum atomic E-state index is 6.36. The van der Waals surface area contributed by atoms with E-state index < -0.39 is 18.3 Å². The lowest BCUT2D eigenvalue weighted by Crippen LogP contribution is -2.41. The Kier molecular flexibility index (Phi) is 16.5. The van der Waals surface area contributed by atoms with Gasteiger partial charge in [-0.25, -0.2) is 34.9 Å². The van der Waals surface area contributed by atoms with Gasteiger partial charge >= 0.3 is 7.12 Å². The SMILES string of the molecule is CC1(C)OB(c2cccc(-c3nc(-c4ccccc4)nc(-c4ccc(-c5ccc6c(c5)c5ccccc5n6-c5ccccc5)cc4)n3)c2)OC1(C)C.c1ccc(-c2nc(-c3ccc(-c4ccc5c(c4)c4ccccc4n5-c4ccccc4)cc3)nc(-c3cccc(-c4ccc5ccc6cccnc6c5n4)c3)n2)cc1. The van der Waals surface area contributed by atoms with E-state index in [0.29, 0.717) is 34.9 Å². The summed E-state index contributed by atoms with van der Waals surface area (Å²) < 4.78 is 17.4. The molecule has 109 heavy (non-hydrogen) atoms. The molecule has 0 aliphatic carbocycles. The van der Waals surface area contributed by atoms with Crippen LogP contribution in [0.2, 0.25) is 0 Å². The van der Waals surface area contributed by atoms with E-state index in [2.05, 4.69) is 284 Å². The van der Waals surface area contributed by atoms with E-state index >= 15 is 0 Å². The molecule has 1 aliphatic rings. The number of fused-ring (bicyclic) bond motifs is 9. The number of nitrogens with zero attached hydrogens (tertiary/aromatic N) is 10. The molecular weight excluding hydrogens is 1340 g/mol. The van der Waals surface area contributed by atoms with Crippen LogP contribution < -0.4 is 5.46 Å². The van der Waals surface area contributed by atoms with Crippen molar-refractivity contribution in [3.8, 4) is 113 Å². The third-order valence-electron chi connectivity index (χ3n) is 21.2. The zero-order valence-electron chi connectivity index (χ0n) is 60.3. The normalized spacial score (nSPS) is 13.2. The van der Waals surface area contributed by atoms with Crippen LogP contribution in [0.3, 0.4) is 0 Å². The monoisotopic (exact) mass is 1400 g/mol. The molecule has 1 aliphatic heterocycles. The van der Waals surface area contributed by atoms with E-state index in [1.54, 1.807) is 0 Å². The van der Waals surface area contributed by atoms with Crippen molar-refractivity contribution < 1.29 is 9.31 Å². The molecule has 13 aromatic carbocycles. The van der Waals surface area contributed by atoms with Crippen LogP contribution in [0.15, 0.2) is 346 Å². The van der Waals surface area contributed by atoms with Gasteiger partial charge in [0.1, 0.15) is 0 Å². The van der Waals surface area contributed by atoms with Crippen LogP contribution in [0.4, 0.5) is 0 Å². The van der Waals surface area contributed by atoms with Gasteiger partial charge in [-0.15, -0.1) is 0 Å². The first-order valence-electron chi connectivity index (χ1n) is 36.7. The number of para-hydroxylation sites is 4. The van der Waals surface area contributed by atoms with E-state index in [1.807, 2.05) is 103 Å². The summed E-state index contributed by atoms with van der Waals surface area (Å²) in [5, 5.41) is 7.02. The van der Waals surface area contributed by atoms with Crippen LogP contribution in [-0.4, -0.2) is 67.3 Å². The fourth-order valence-corrected chi connectivity index (χ4v) is 14.8. The van der Waals surface area contributed by atoms with E-state index in [0.717, 1.165) is 106 Å². The summed E-state index contributed by atoms with van der Waals surface area (Å²) in [6, 6.07) is 118. The van der Waals surface area contributed by atoms with E-state index in [-0.39, 0.29) is 0 Å². The van der Waals surface area contributed by atoms with E-state index in [9.17, 15) is 0 Å². The molecule has 0 bridgehead atoms. The van der Waals surface area contributed by atoms with Gasteiger partial charge < -0.3 is 18.4 Å². The first-order valence-corrected chi connectivity index (χ1v) is 36.7. The fraction of sp³-hybridized carbons (Fsp3) is 0.0625. The quantitative estimate of drug-likeness (QED) is 0.0860. The number of rotatable bonds is 12. The second-order valence-corrected chi connectivity index (χ2v) is 28.5. The number of benzene rings is 13. The lowest BCUT2D eigenvalue weighted by atomic mass is 9.78. The van der Waals surface area contributed by atoms with Gasteiger partial charge in [-0.1, -0.05) is 261 Å². The Hall–Kier alpha value is -13.7. The molecule has 20 rings (SSSR count). The first-order chi connectivity index (χ1) is 53.5. The third kappa shape index (κ3) is 12.4. The van der Waals surface area contributed by atoms with Crippen molar-refractivity contribution in [1.29, 1.82) is 0 Å². The molecule has 518 valence electrons. The second-order valence-electron chi connectivity index (χ2n) is 28.5. The van der Waals surface area contributed by atoms with E-state index in [4.69, 9.17) is 44.2 Å². The highest BCUT2D eigenvalue weighted by Gasteiger charge is 2.51. The smallest absolute Gasteiger partial charge is 0.399 e. The molecule has 6 aromatic heterocycles. The van der Waals surface area contributed by atoms with Gasteiger partial charge in [0, 0.05) is 88.8 Å². The van der Waals surface area contributed by atoms with Gasteiger partial charge in [-0.2, -0.15) is 0 Å². The lowest BCUT2D eigenvalue weighted by Gasteiger charge is -2.32. The summed E-state index contributed by atoms with van der Waals surface area (Å²) >= 11 is 0. The Bertz CT molecular complexity index is 6660. The summed E-state index contributed by atoms with van der Waals surface area (Å²) in [5.41, 5.74) is 20.7. The maximum Gasteiger partial charge on any atom is 0.494 e. The topological polar surface area (TPSA) is 131 Å². The number of aromatic nitrogens is 10. The van der Waals surface area contributed by atoms with Crippen LogP contribution in [0, 0.1) is 0 Å². The summed E-state index contributed by atoms with van der Waals surface area (Å²) in [7, 11) is -0.485. The molecule has 12 nitrogen and oxygen atoms in total. The van der Waals surface area contributed by atoms with Crippen LogP contribution in [0.25, 0.3) is 179 Å². The van der Waals surface area contributed by atoms with Gasteiger partial charge in [-0.05, 0) is 134 Å². The predicted molar refractivity (Wildman–Crippen MR) is 444 cm³/mol. The van der Waals surface area contributed by atoms with Crippen molar-refractivity contribution >= 4 is 78.0 Å². The fourth-order valence-electron chi connectivity index (χ4n) is 14.8. The van der Waals surface area contributed by atoms with Crippen molar-refractivity contribution in [2.45, 2.75) is 38.9 Å². The Balaban J connectivity index is 0.000000149. The molecule has 0 N–H and O–H groups in total. The zero-order chi connectivity index (χ0) is 73.2. The molecule has 0 spiro atoms. The Morgan fingerprint density at radius 1 is 0.257 bits per heavy atom. The standard InChI is InChI=1S/C51H32N6.C45H37BN4O2/c1-3-11-36(12-4-1)49-54-50(56-51(55-49)40-14-9-13-39(31-40)44-28-26-35-23-22-34-15-10-30-52-47(34)48(35)53-44)37-24-20-33(21-25-37)38-27-29-46-43(32-38)42-18-7-8-19-45(42)57(46)41-16-5-2-6-17-41;1-44(2)45(3,4)52-46(51-44)35-17-13-16-34(28-35)43-48-41(31-14-7-5-8-15-31)47-42(49-43)32-24-22-30(23-25-32)33-26-27-40-38(29-33)37-20-11-12-21-39(37)50(40)36-18-9-6-10-19-36/h1-32H;5-29H,1-4H3. The molecule has 0 unspecified atom stereocenters. The molecule has 19 aromatic rings. The average Bonchev–Trinajstić information content (AvgIpc) is 1.61. The van der Waals surface area contributed by atoms with Crippen LogP contribution in [0.5, 0.6) is 0 Å². The predicted octanol–water partition coefficient (Wildman–Crippen LogP) is 22.3. The molecule has 0 amide bonds. The second kappa shape index (κ2) is 27.3. The molecule has 1 saturated heterocycles. The van der Waals surface area contributed by atoms with Crippen molar-refractivity contribution in [3.63, 3.8) is 0 Å². The van der Waals surface area contributed by atoms with Gasteiger partial charge in [0.05, 0.1) is 50.0 Å². The number of hydrogen-bond acceptors (Lipinski definition) is 10. The summed E-state index contributed by atoms with van der Waals surface area (Å²) in [6.07, 6.45) is 1.82. The molecular formula is C96H69BN10O2. The maximum absolute atomic E-state index is 6.36. The largest absolute Gasteiger partial charge is 0.494 e. The van der Waals surface area contributed by atoms with Gasteiger partial charge in [0.2, 0.25) is 0 Å². The molecule has 0 radical (unpaired) electrons. The summed E-state index contributed by atoms with van der Waals surface area (Å²) in [4.78, 5) is 39.8. The van der Waals surface area contributed by atoms with Gasteiger partial charge in [0.25, 0.3) is 0 Å². The van der Waals surface area contributed by atoms with Crippen molar-refractivity contribution in [2.75, 3.05) is 0 Å². The minimum Gasteiger partial charge on any atom is -0.399 e. The van der Waals surface area contributed by atoms with Crippen molar-refractivity contribution in [2.24, 2.45) is 0 Å². The molecule has 0 atom stereocenters. The Labute approximate surface area is 630 Å². The Morgan fingerprint density at radius 2 is 0.624 bits per heavy atom. The summed E-state index contributed by atoms with van der Waals surface area (Å²) in [6.45, 7) is 8.26. The minimum atomic E-state index is -0.485. The first kappa shape index (κ1) is 66.0. The average molecular weight is 1410 g/mol. The lowest BCUT2D eigenvalue weighted by molar-refractivity contribution is 0.00578. The van der Waals surface area contributed by atoms with Crippen LogP contribution in [-0.2, 0) is 9.31 Å². The zero-order valence-corrected chi connectivity index (χ0v) is 60.3. The number of pyridine rings is 2. The Morgan fingerprint density at radius 3 is 1.12 bits per heavy atom. The number of hydrogen-bond donors (Lipinski definition) is 0. The third-order valence-corrected chi connectivity index (χ3v) is 21.2. The molecule has 0 saturated carbocycles.